The van der Waals surface area contributed by atoms with Gasteiger partial charge in [-0.05, 0) is 73.8 Å². The van der Waals surface area contributed by atoms with Crippen LogP contribution in [-0.4, -0.2) is 26.9 Å². The quantitative estimate of drug-likeness (QED) is 0.200. The van der Waals surface area contributed by atoms with Crippen molar-refractivity contribution in [2.45, 2.75) is 38.6 Å². The highest BCUT2D eigenvalue weighted by Gasteiger charge is 2.41. The first kappa shape index (κ1) is 25.9. The van der Waals surface area contributed by atoms with E-state index in [2.05, 4.69) is 22.5 Å². The standard InChI is InChI=1S/C34H29F2N5O2/c1-17-18-6-8-19(9-7-18)31(17)40-30-15-27(38-33(41-30)24-16-37-32-23(24)13-21(35)14-25(32)36)20-10-11-22-29(12-20)43-28-5-3-2-4-26(28)39-34(22)42/h2-5,10-19,31,37H,6-9H2,1H3,(H,39,42)(H,38,40,41). The molecule has 7 nitrogen and oxygen atoms in total. The zero-order chi connectivity index (χ0) is 29.2. The van der Waals surface area contributed by atoms with E-state index in [0.717, 1.165) is 6.07 Å². The van der Waals surface area contributed by atoms with E-state index in [9.17, 15) is 13.6 Å². The summed E-state index contributed by atoms with van der Waals surface area (Å²) in [5, 5.41) is 7.00. The summed E-state index contributed by atoms with van der Waals surface area (Å²) < 4.78 is 35.1. The molecule has 0 radical (unpaired) electrons. The number of hydrogen-bond acceptors (Lipinski definition) is 5. The number of halogens is 2. The number of amides is 1. The topological polar surface area (TPSA) is 91.9 Å². The Balaban J connectivity index is 1.25. The van der Waals surface area contributed by atoms with Crippen LogP contribution in [-0.2, 0) is 0 Å². The molecule has 3 saturated carbocycles. The third-order valence-electron chi connectivity index (χ3n) is 9.50. The number of ether oxygens (including phenoxy) is 1. The molecule has 2 unspecified atom stereocenters. The molecule has 2 atom stereocenters. The zero-order valence-electron chi connectivity index (χ0n) is 23.5. The monoisotopic (exact) mass is 577 g/mol. The Morgan fingerprint density at radius 1 is 0.907 bits per heavy atom. The number of nitrogens with zero attached hydrogens (tertiary/aromatic N) is 2. The number of H-pyrrole nitrogens is 1. The van der Waals surface area contributed by atoms with Crippen molar-refractivity contribution >= 4 is 28.3 Å². The maximum Gasteiger partial charge on any atom is 0.259 e. The number of aromatic amines is 1. The zero-order valence-corrected chi connectivity index (χ0v) is 23.5. The second-order valence-corrected chi connectivity index (χ2v) is 11.9. The average Bonchev–Trinajstić information content (AvgIpc) is 3.38. The molecule has 9 rings (SSSR count). The van der Waals surface area contributed by atoms with E-state index in [4.69, 9.17) is 14.7 Å². The fourth-order valence-corrected chi connectivity index (χ4v) is 7.22. The van der Waals surface area contributed by atoms with E-state index in [1.807, 2.05) is 24.3 Å². The third kappa shape index (κ3) is 4.42. The second-order valence-electron chi connectivity index (χ2n) is 11.9. The molecule has 3 heterocycles. The molecule has 3 aliphatic carbocycles. The van der Waals surface area contributed by atoms with Gasteiger partial charge >= 0.3 is 0 Å². The van der Waals surface area contributed by atoms with E-state index in [1.165, 1.54) is 31.7 Å². The summed E-state index contributed by atoms with van der Waals surface area (Å²) in [4.78, 5) is 25.7. The third-order valence-corrected chi connectivity index (χ3v) is 9.50. The smallest absolute Gasteiger partial charge is 0.259 e. The van der Waals surface area contributed by atoms with Crippen LogP contribution in [0.25, 0.3) is 33.5 Å². The average molecular weight is 578 g/mol. The number of rotatable bonds is 4. The van der Waals surface area contributed by atoms with Crippen molar-refractivity contribution in [2.75, 3.05) is 10.6 Å². The molecule has 3 aromatic carbocycles. The van der Waals surface area contributed by atoms with Gasteiger partial charge in [0.15, 0.2) is 11.6 Å². The Hall–Kier alpha value is -4.79. The van der Waals surface area contributed by atoms with Crippen LogP contribution < -0.4 is 15.4 Å². The number of fused-ring (bicyclic) bond motifs is 6. The maximum atomic E-state index is 14.6. The SMILES string of the molecule is CC1C2CCC(CC2)C1Nc1cc(-c2ccc3c(c2)Oc2ccccc2NC3=O)nc(-c2c[nH]c3c(F)cc(F)cc23)n1. The molecule has 1 amide bonds. The Morgan fingerprint density at radius 3 is 2.56 bits per heavy atom. The summed E-state index contributed by atoms with van der Waals surface area (Å²) >= 11 is 0. The van der Waals surface area contributed by atoms with Gasteiger partial charge in [0, 0.05) is 40.9 Å². The summed E-state index contributed by atoms with van der Waals surface area (Å²) in [6.45, 7) is 2.31. The molecular weight excluding hydrogens is 548 g/mol. The van der Waals surface area contributed by atoms with Crippen LogP contribution >= 0.6 is 0 Å². The largest absolute Gasteiger partial charge is 0.454 e. The summed E-state index contributed by atoms with van der Waals surface area (Å²) in [5.74, 6) is 2.09. The lowest BCUT2D eigenvalue weighted by Gasteiger charge is -2.47. The molecule has 2 aromatic heterocycles. The molecule has 216 valence electrons. The van der Waals surface area contributed by atoms with Gasteiger partial charge in [0.05, 0.1) is 22.5 Å². The van der Waals surface area contributed by atoms with E-state index in [0.29, 0.717) is 74.4 Å². The first-order valence-electron chi connectivity index (χ1n) is 14.8. The first-order chi connectivity index (χ1) is 20.9. The Bertz CT molecular complexity index is 1910. The van der Waals surface area contributed by atoms with Crippen molar-refractivity contribution in [1.82, 2.24) is 15.0 Å². The number of carbonyl (C=O) groups excluding carboxylic acids is 1. The van der Waals surface area contributed by atoms with Crippen LogP contribution in [0.2, 0.25) is 0 Å². The molecule has 43 heavy (non-hydrogen) atoms. The first-order valence-corrected chi connectivity index (χ1v) is 14.8. The molecule has 9 heteroatoms. The molecule has 1 aliphatic heterocycles. The molecule has 5 aromatic rings. The lowest BCUT2D eigenvalue weighted by molar-refractivity contribution is 0.0928. The van der Waals surface area contributed by atoms with Crippen molar-refractivity contribution in [3.8, 4) is 34.1 Å². The number of benzene rings is 3. The van der Waals surface area contributed by atoms with Crippen molar-refractivity contribution in [3.05, 3.63) is 84.1 Å². The van der Waals surface area contributed by atoms with Gasteiger partial charge < -0.3 is 20.4 Å². The summed E-state index contributed by atoms with van der Waals surface area (Å²) in [6.07, 6.45) is 6.54. The minimum absolute atomic E-state index is 0.196. The van der Waals surface area contributed by atoms with Gasteiger partial charge in [0.2, 0.25) is 0 Å². The van der Waals surface area contributed by atoms with Gasteiger partial charge in [-0.2, -0.15) is 0 Å². The van der Waals surface area contributed by atoms with Crippen LogP contribution in [0.5, 0.6) is 11.5 Å². The molecule has 4 aliphatic rings. The van der Waals surface area contributed by atoms with Gasteiger partial charge in [-0.1, -0.05) is 25.1 Å². The number of hydrogen-bond donors (Lipinski definition) is 3. The van der Waals surface area contributed by atoms with E-state index >= 15 is 0 Å². The number of nitrogens with one attached hydrogen (secondary N) is 3. The fourth-order valence-electron chi connectivity index (χ4n) is 7.22. The number of aromatic nitrogens is 3. The minimum atomic E-state index is -0.677. The Kier molecular flexibility index (Phi) is 5.96. The predicted molar refractivity (Wildman–Crippen MR) is 161 cm³/mol. The van der Waals surface area contributed by atoms with Gasteiger partial charge in [-0.3, -0.25) is 4.79 Å². The van der Waals surface area contributed by atoms with Gasteiger partial charge in [0.1, 0.15) is 23.2 Å². The molecule has 3 N–H and O–H groups in total. The van der Waals surface area contributed by atoms with Crippen LogP contribution in [0.1, 0.15) is 43.0 Å². The van der Waals surface area contributed by atoms with Crippen LogP contribution in [0.15, 0.2) is 66.9 Å². The lowest BCUT2D eigenvalue weighted by Crippen LogP contribution is -2.47. The molecule has 2 bridgehead atoms. The summed E-state index contributed by atoms with van der Waals surface area (Å²) in [5.41, 5.74) is 3.00. The molecule has 0 saturated heterocycles. The summed E-state index contributed by atoms with van der Waals surface area (Å²) in [6, 6.07) is 17.0. The summed E-state index contributed by atoms with van der Waals surface area (Å²) in [7, 11) is 0. The van der Waals surface area contributed by atoms with Gasteiger partial charge in [-0.25, -0.2) is 18.7 Å². The molecule has 3 fully saturated rings. The van der Waals surface area contributed by atoms with E-state index in [1.54, 1.807) is 30.5 Å². The van der Waals surface area contributed by atoms with Crippen molar-refractivity contribution in [1.29, 1.82) is 0 Å². The number of anilines is 2. The highest BCUT2D eigenvalue weighted by Crippen LogP contribution is 2.46. The molecule has 0 spiro atoms. The Labute approximate surface area is 246 Å². The van der Waals surface area contributed by atoms with Gasteiger partial charge in [-0.15, -0.1) is 0 Å². The highest BCUT2D eigenvalue weighted by molar-refractivity contribution is 6.08. The van der Waals surface area contributed by atoms with E-state index in [-0.39, 0.29) is 17.5 Å². The maximum absolute atomic E-state index is 14.6. The van der Waals surface area contributed by atoms with Gasteiger partial charge in [0.25, 0.3) is 5.91 Å². The van der Waals surface area contributed by atoms with Crippen molar-refractivity contribution in [3.63, 3.8) is 0 Å². The Morgan fingerprint density at radius 2 is 1.72 bits per heavy atom. The number of para-hydroxylation sites is 2. The highest BCUT2D eigenvalue weighted by atomic mass is 19.1. The van der Waals surface area contributed by atoms with Crippen LogP contribution in [0.4, 0.5) is 20.3 Å². The van der Waals surface area contributed by atoms with Crippen molar-refractivity contribution < 1.29 is 18.3 Å². The molecular formula is C34H29F2N5O2. The van der Waals surface area contributed by atoms with Crippen molar-refractivity contribution in [2.24, 2.45) is 17.8 Å². The number of carbonyl (C=O) groups is 1. The fraction of sp³-hybridized carbons (Fsp3) is 0.265. The minimum Gasteiger partial charge on any atom is -0.454 e. The van der Waals surface area contributed by atoms with Crippen LogP contribution in [0, 0.1) is 29.4 Å². The second kappa shape index (κ2) is 9.90. The normalized spacial score (nSPS) is 22.3. The van der Waals surface area contributed by atoms with E-state index < -0.39 is 11.6 Å². The van der Waals surface area contributed by atoms with Crippen LogP contribution in [0.3, 0.4) is 0 Å². The lowest BCUT2D eigenvalue weighted by atomic mass is 9.62. The predicted octanol–water partition coefficient (Wildman–Crippen LogP) is 8.16.